The second kappa shape index (κ2) is 5.25. The molecule has 0 atom stereocenters. The summed E-state index contributed by atoms with van der Waals surface area (Å²) in [6.45, 7) is 3.12. The maximum absolute atomic E-state index is 11.6. The Hall–Kier alpha value is -1.12. The third-order valence-electron chi connectivity index (χ3n) is 2.31. The van der Waals surface area contributed by atoms with Gasteiger partial charge in [0.15, 0.2) is 0 Å². The molecule has 0 heterocycles. The Morgan fingerprint density at radius 1 is 1.00 bits per heavy atom. The molecular weight excluding hydrogens is 276 g/mol. The molecule has 1 aromatic rings. The Morgan fingerprint density at radius 2 is 1.50 bits per heavy atom. The normalized spacial score (nSPS) is 12.7. The minimum absolute atomic E-state index is 0.0810. The molecule has 0 aliphatic heterocycles. The molecular formula is C10H16N2O4S2. The number of hydrogen-bond acceptors (Lipinski definition) is 4. The van der Waals surface area contributed by atoms with Crippen molar-refractivity contribution in [3.63, 3.8) is 0 Å². The molecule has 0 saturated heterocycles. The molecule has 2 N–H and O–H groups in total. The summed E-state index contributed by atoms with van der Waals surface area (Å²) in [6, 6.07) is 5.49. The lowest BCUT2D eigenvalue weighted by molar-refractivity contribution is 0.588. The number of anilines is 1. The van der Waals surface area contributed by atoms with Crippen molar-refractivity contribution < 1.29 is 16.8 Å². The summed E-state index contributed by atoms with van der Waals surface area (Å²) >= 11 is 0. The number of benzene rings is 1. The maximum atomic E-state index is 11.6. The summed E-state index contributed by atoms with van der Waals surface area (Å²) < 4.78 is 50.7. The van der Waals surface area contributed by atoms with Crippen molar-refractivity contribution in [2.75, 3.05) is 11.8 Å². The second-order valence-corrected chi connectivity index (χ2v) is 8.05. The maximum Gasteiger partial charge on any atom is 0.240 e. The van der Waals surface area contributed by atoms with Crippen LogP contribution in [0, 0.1) is 0 Å². The van der Waals surface area contributed by atoms with Gasteiger partial charge in [-0.3, -0.25) is 4.72 Å². The highest BCUT2D eigenvalue weighted by atomic mass is 32.2. The molecule has 0 bridgehead atoms. The van der Waals surface area contributed by atoms with Gasteiger partial charge in [0.2, 0.25) is 20.0 Å². The van der Waals surface area contributed by atoms with E-state index < -0.39 is 25.3 Å². The highest BCUT2D eigenvalue weighted by Gasteiger charge is 2.16. The van der Waals surface area contributed by atoms with Gasteiger partial charge in [-0.15, -0.1) is 0 Å². The van der Waals surface area contributed by atoms with E-state index in [9.17, 15) is 16.8 Å². The van der Waals surface area contributed by atoms with E-state index in [-0.39, 0.29) is 4.90 Å². The molecule has 102 valence electrons. The summed E-state index contributed by atoms with van der Waals surface area (Å²) in [7, 11) is -5.61. The van der Waals surface area contributed by atoms with E-state index in [4.69, 9.17) is 0 Å². The van der Waals surface area contributed by atoms with Gasteiger partial charge < -0.3 is 0 Å². The minimum atomic E-state index is -3.50. The van der Waals surface area contributed by atoms with Crippen LogP contribution < -0.4 is 9.44 Å². The molecule has 0 aliphatic carbocycles. The molecule has 0 saturated carbocycles. The van der Waals surface area contributed by atoms with Crippen molar-refractivity contribution in [2.45, 2.75) is 24.0 Å². The van der Waals surface area contributed by atoms with Crippen molar-refractivity contribution in [2.24, 2.45) is 0 Å². The zero-order valence-corrected chi connectivity index (χ0v) is 12.0. The van der Waals surface area contributed by atoms with E-state index in [0.717, 1.165) is 0 Å². The molecule has 1 aromatic carbocycles. The molecule has 6 nitrogen and oxygen atoms in total. The highest BCUT2D eigenvalue weighted by Crippen LogP contribution is 2.16. The third-order valence-corrected chi connectivity index (χ3v) is 5.51. The number of hydrogen-bond donors (Lipinski definition) is 2. The van der Waals surface area contributed by atoms with Gasteiger partial charge in [0.05, 0.1) is 10.1 Å². The van der Waals surface area contributed by atoms with Crippen LogP contribution >= 0.6 is 0 Å². The number of nitrogens with one attached hydrogen (secondary N) is 2. The van der Waals surface area contributed by atoms with Gasteiger partial charge in [-0.1, -0.05) is 0 Å². The van der Waals surface area contributed by atoms with E-state index >= 15 is 0 Å². The highest BCUT2D eigenvalue weighted by molar-refractivity contribution is 7.93. The zero-order chi connectivity index (χ0) is 14.0. The lowest BCUT2D eigenvalue weighted by Crippen LogP contribution is -2.22. The van der Waals surface area contributed by atoms with E-state index in [1.54, 1.807) is 13.8 Å². The fourth-order valence-corrected chi connectivity index (χ4v) is 2.53. The van der Waals surface area contributed by atoms with Crippen LogP contribution in [0.5, 0.6) is 0 Å². The number of rotatable bonds is 5. The molecule has 18 heavy (non-hydrogen) atoms. The predicted molar refractivity (Wildman–Crippen MR) is 70.4 cm³/mol. The first-order valence-corrected chi connectivity index (χ1v) is 8.27. The van der Waals surface area contributed by atoms with Crippen molar-refractivity contribution in [1.82, 2.24) is 4.72 Å². The van der Waals surface area contributed by atoms with E-state index in [1.807, 2.05) is 0 Å². The lowest BCUT2D eigenvalue weighted by atomic mass is 10.3. The Labute approximate surface area is 108 Å². The summed E-state index contributed by atoms with van der Waals surface area (Å²) in [4.78, 5) is 0.0810. The average molecular weight is 292 g/mol. The average Bonchev–Trinajstić information content (AvgIpc) is 2.29. The van der Waals surface area contributed by atoms with Gasteiger partial charge >= 0.3 is 0 Å². The minimum Gasteiger partial charge on any atom is -0.283 e. The Morgan fingerprint density at radius 3 is 1.89 bits per heavy atom. The van der Waals surface area contributed by atoms with E-state index in [1.165, 1.54) is 31.3 Å². The standard InChI is InChI=1S/C10H16N2O4S2/c1-8(2)17(13,14)12-9-4-6-10(7-5-9)18(15,16)11-3/h4-8,11-12H,1-3H3. The summed E-state index contributed by atoms with van der Waals surface area (Å²) in [5.41, 5.74) is 0.332. The first-order chi connectivity index (χ1) is 8.19. The van der Waals surface area contributed by atoms with Crippen molar-refractivity contribution in [3.05, 3.63) is 24.3 Å². The largest absolute Gasteiger partial charge is 0.283 e. The second-order valence-electron chi connectivity index (χ2n) is 3.93. The Bertz CT molecular complexity index is 604. The van der Waals surface area contributed by atoms with Crippen molar-refractivity contribution in [1.29, 1.82) is 0 Å². The van der Waals surface area contributed by atoms with Crippen LogP contribution in [-0.2, 0) is 20.0 Å². The molecule has 8 heteroatoms. The van der Waals surface area contributed by atoms with Crippen LogP contribution in [-0.4, -0.2) is 29.1 Å². The van der Waals surface area contributed by atoms with Crippen LogP contribution in [0.15, 0.2) is 29.2 Å². The molecule has 0 amide bonds. The van der Waals surface area contributed by atoms with Gasteiger partial charge in [0, 0.05) is 5.69 Å². The van der Waals surface area contributed by atoms with Crippen molar-refractivity contribution >= 4 is 25.7 Å². The van der Waals surface area contributed by atoms with E-state index in [0.29, 0.717) is 5.69 Å². The molecule has 0 radical (unpaired) electrons. The predicted octanol–water partition coefficient (Wildman–Crippen LogP) is 0.745. The molecule has 1 rings (SSSR count). The van der Waals surface area contributed by atoms with Crippen molar-refractivity contribution in [3.8, 4) is 0 Å². The first-order valence-electron chi connectivity index (χ1n) is 5.24. The lowest BCUT2D eigenvalue weighted by Gasteiger charge is -2.11. The summed E-state index contributed by atoms with van der Waals surface area (Å²) in [5.74, 6) is 0. The monoisotopic (exact) mass is 292 g/mol. The smallest absolute Gasteiger partial charge is 0.240 e. The molecule has 0 spiro atoms. The van der Waals surface area contributed by atoms with E-state index in [2.05, 4.69) is 9.44 Å². The fraction of sp³-hybridized carbons (Fsp3) is 0.400. The SMILES string of the molecule is CNS(=O)(=O)c1ccc(NS(=O)(=O)C(C)C)cc1. The third kappa shape index (κ3) is 3.44. The topological polar surface area (TPSA) is 92.3 Å². The Balaban J connectivity index is 2.99. The van der Waals surface area contributed by atoms with Crippen LogP contribution in [0.3, 0.4) is 0 Å². The van der Waals surface area contributed by atoms with Crippen LogP contribution in [0.1, 0.15) is 13.8 Å². The quantitative estimate of drug-likeness (QED) is 0.837. The number of sulfonamides is 2. The van der Waals surface area contributed by atoms with Gasteiger partial charge in [0.1, 0.15) is 0 Å². The molecule has 0 fully saturated rings. The van der Waals surface area contributed by atoms with Crippen LogP contribution in [0.25, 0.3) is 0 Å². The van der Waals surface area contributed by atoms with Gasteiger partial charge in [-0.05, 0) is 45.2 Å². The summed E-state index contributed by atoms with van der Waals surface area (Å²) in [5, 5.41) is -0.557. The fourth-order valence-electron chi connectivity index (χ4n) is 1.10. The van der Waals surface area contributed by atoms with Gasteiger partial charge in [-0.25, -0.2) is 21.6 Å². The summed E-state index contributed by atoms with van der Waals surface area (Å²) in [6.07, 6.45) is 0. The zero-order valence-electron chi connectivity index (χ0n) is 10.3. The van der Waals surface area contributed by atoms with Gasteiger partial charge in [-0.2, -0.15) is 0 Å². The molecule has 0 unspecified atom stereocenters. The van der Waals surface area contributed by atoms with Crippen LogP contribution in [0.2, 0.25) is 0 Å². The van der Waals surface area contributed by atoms with Crippen LogP contribution in [0.4, 0.5) is 5.69 Å². The molecule has 0 aliphatic rings. The Kier molecular flexibility index (Phi) is 4.36. The van der Waals surface area contributed by atoms with Gasteiger partial charge in [0.25, 0.3) is 0 Å². The first kappa shape index (κ1) is 14.9. The molecule has 0 aromatic heterocycles.